The van der Waals surface area contributed by atoms with E-state index in [1.807, 2.05) is 0 Å². The minimum Gasteiger partial charge on any atom is -0.374 e. The van der Waals surface area contributed by atoms with Crippen LogP contribution in [0.4, 0.5) is 4.39 Å². The number of alkyl halides is 1. The molecule has 0 amide bonds. The van der Waals surface area contributed by atoms with Gasteiger partial charge in [0.15, 0.2) is 0 Å². The number of nitrogens with one attached hydrogen (secondary N) is 1. The van der Waals surface area contributed by atoms with Crippen LogP contribution >= 0.6 is 0 Å². The average molecular weight is 161 g/mol. The van der Waals surface area contributed by atoms with Crippen molar-refractivity contribution in [2.24, 2.45) is 0 Å². The van der Waals surface area contributed by atoms with Crippen molar-refractivity contribution < 1.29 is 9.13 Å². The lowest BCUT2D eigenvalue weighted by Crippen LogP contribution is -2.37. The van der Waals surface area contributed by atoms with Crippen LogP contribution in [0.15, 0.2) is 0 Å². The van der Waals surface area contributed by atoms with Crippen molar-refractivity contribution in [2.75, 3.05) is 26.4 Å². The van der Waals surface area contributed by atoms with Gasteiger partial charge in [-0.3, -0.25) is 0 Å². The Bertz CT molecular complexity index is 113. The van der Waals surface area contributed by atoms with Gasteiger partial charge in [-0.25, -0.2) is 4.39 Å². The van der Waals surface area contributed by atoms with Crippen LogP contribution < -0.4 is 5.32 Å². The molecule has 0 aromatic carbocycles. The summed E-state index contributed by atoms with van der Waals surface area (Å²) in [7, 11) is 0. The molecule has 0 bridgehead atoms. The van der Waals surface area contributed by atoms with Crippen LogP contribution in [0.2, 0.25) is 0 Å². The first kappa shape index (κ1) is 8.94. The molecule has 3 heteroatoms. The summed E-state index contributed by atoms with van der Waals surface area (Å²) in [4.78, 5) is 0. The summed E-state index contributed by atoms with van der Waals surface area (Å²) in [6, 6.07) is 0. The maximum Gasteiger partial charge on any atom is 0.102 e. The maximum atomic E-state index is 11.7. The maximum absolute atomic E-state index is 11.7. The van der Waals surface area contributed by atoms with Crippen LogP contribution in [0.1, 0.15) is 19.8 Å². The van der Waals surface area contributed by atoms with Crippen molar-refractivity contribution in [3.8, 4) is 0 Å². The van der Waals surface area contributed by atoms with Gasteiger partial charge in [0.25, 0.3) is 0 Å². The number of halogens is 1. The molecule has 0 aromatic heterocycles. The normalized spacial score (nSPS) is 31.1. The van der Waals surface area contributed by atoms with E-state index in [2.05, 4.69) is 12.2 Å². The zero-order valence-electron chi connectivity index (χ0n) is 7.03. The Kier molecular flexibility index (Phi) is 3.27. The van der Waals surface area contributed by atoms with Crippen molar-refractivity contribution in [1.29, 1.82) is 0 Å². The third kappa shape index (κ3) is 2.75. The van der Waals surface area contributed by atoms with E-state index in [4.69, 9.17) is 4.74 Å². The van der Waals surface area contributed by atoms with E-state index in [1.54, 1.807) is 0 Å². The van der Waals surface area contributed by atoms with Crippen LogP contribution in [0.25, 0.3) is 0 Å². The van der Waals surface area contributed by atoms with E-state index in [0.29, 0.717) is 6.54 Å². The summed E-state index contributed by atoms with van der Waals surface area (Å²) in [6.07, 6.45) is 2.22. The van der Waals surface area contributed by atoms with E-state index in [1.165, 1.54) is 0 Å². The van der Waals surface area contributed by atoms with Crippen LogP contribution in [-0.4, -0.2) is 32.0 Å². The van der Waals surface area contributed by atoms with Gasteiger partial charge in [-0.1, -0.05) is 0 Å². The molecule has 1 fully saturated rings. The SMILES string of the molecule is CC1(CNCCF)CCCO1. The molecule has 0 saturated carbocycles. The van der Waals surface area contributed by atoms with E-state index in [-0.39, 0.29) is 12.3 Å². The molecule has 1 unspecified atom stereocenters. The zero-order chi connectivity index (χ0) is 8.16. The molecule has 66 valence electrons. The number of rotatable bonds is 4. The molecular formula is C8H16FNO. The van der Waals surface area contributed by atoms with Gasteiger partial charge >= 0.3 is 0 Å². The first-order chi connectivity index (χ1) is 5.27. The Morgan fingerprint density at radius 3 is 3.00 bits per heavy atom. The van der Waals surface area contributed by atoms with Crippen molar-refractivity contribution in [3.63, 3.8) is 0 Å². The lowest BCUT2D eigenvalue weighted by molar-refractivity contribution is 0.0208. The Hall–Kier alpha value is -0.150. The predicted molar refractivity (Wildman–Crippen MR) is 42.4 cm³/mol. The van der Waals surface area contributed by atoms with E-state index >= 15 is 0 Å². The quantitative estimate of drug-likeness (QED) is 0.624. The molecule has 0 aromatic rings. The first-order valence-electron chi connectivity index (χ1n) is 4.17. The molecular weight excluding hydrogens is 145 g/mol. The molecule has 1 aliphatic heterocycles. The average Bonchev–Trinajstić information content (AvgIpc) is 2.38. The highest BCUT2D eigenvalue weighted by atomic mass is 19.1. The summed E-state index contributed by atoms with van der Waals surface area (Å²) in [5, 5.41) is 3.02. The minimum absolute atomic E-state index is 0.0326. The molecule has 1 saturated heterocycles. The standard InChI is InChI=1S/C8H16FNO/c1-8(3-2-6-11-8)7-10-5-4-9/h10H,2-7H2,1H3. The van der Waals surface area contributed by atoms with E-state index in [0.717, 1.165) is 26.0 Å². The lowest BCUT2D eigenvalue weighted by Gasteiger charge is -2.22. The Morgan fingerprint density at radius 1 is 1.64 bits per heavy atom. The summed E-state index contributed by atoms with van der Waals surface area (Å²) in [5.41, 5.74) is -0.0326. The van der Waals surface area contributed by atoms with Crippen LogP contribution in [-0.2, 0) is 4.74 Å². The van der Waals surface area contributed by atoms with Gasteiger partial charge in [0, 0.05) is 19.7 Å². The third-order valence-corrected chi connectivity index (χ3v) is 2.07. The van der Waals surface area contributed by atoms with Gasteiger partial charge in [-0.15, -0.1) is 0 Å². The van der Waals surface area contributed by atoms with Crippen LogP contribution in [0.5, 0.6) is 0 Å². The molecule has 1 heterocycles. The summed E-state index contributed by atoms with van der Waals surface area (Å²) in [5.74, 6) is 0. The fraction of sp³-hybridized carbons (Fsp3) is 1.00. The zero-order valence-corrected chi connectivity index (χ0v) is 7.03. The molecule has 11 heavy (non-hydrogen) atoms. The van der Waals surface area contributed by atoms with Crippen molar-refractivity contribution in [2.45, 2.75) is 25.4 Å². The van der Waals surface area contributed by atoms with Gasteiger partial charge in [0.1, 0.15) is 6.67 Å². The molecule has 0 aliphatic carbocycles. The first-order valence-corrected chi connectivity index (χ1v) is 4.17. The Balaban J connectivity index is 2.13. The van der Waals surface area contributed by atoms with Crippen LogP contribution in [0, 0.1) is 0 Å². The second-order valence-corrected chi connectivity index (χ2v) is 3.27. The van der Waals surface area contributed by atoms with Gasteiger partial charge < -0.3 is 10.1 Å². The molecule has 1 aliphatic rings. The molecule has 1 atom stereocenters. The molecule has 0 radical (unpaired) electrons. The topological polar surface area (TPSA) is 21.3 Å². The second kappa shape index (κ2) is 4.02. The number of hydrogen-bond acceptors (Lipinski definition) is 2. The Labute approximate surface area is 67.1 Å². The van der Waals surface area contributed by atoms with Crippen molar-refractivity contribution in [1.82, 2.24) is 5.32 Å². The number of ether oxygens (including phenoxy) is 1. The van der Waals surface area contributed by atoms with Gasteiger partial charge in [0.2, 0.25) is 0 Å². The largest absolute Gasteiger partial charge is 0.374 e. The van der Waals surface area contributed by atoms with E-state index < -0.39 is 0 Å². The van der Waals surface area contributed by atoms with Gasteiger partial charge in [-0.2, -0.15) is 0 Å². The molecule has 1 rings (SSSR count). The van der Waals surface area contributed by atoms with Gasteiger partial charge in [0.05, 0.1) is 5.60 Å². The van der Waals surface area contributed by atoms with Crippen molar-refractivity contribution >= 4 is 0 Å². The second-order valence-electron chi connectivity index (χ2n) is 3.27. The highest BCUT2D eigenvalue weighted by Gasteiger charge is 2.28. The third-order valence-electron chi connectivity index (χ3n) is 2.07. The minimum atomic E-state index is -0.296. The molecule has 2 nitrogen and oxygen atoms in total. The number of hydrogen-bond donors (Lipinski definition) is 1. The highest BCUT2D eigenvalue weighted by molar-refractivity contribution is 4.82. The smallest absolute Gasteiger partial charge is 0.102 e. The summed E-state index contributed by atoms with van der Waals surface area (Å²) < 4.78 is 17.2. The fourth-order valence-electron chi connectivity index (χ4n) is 1.40. The summed E-state index contributed by atoms with van der Waals surface area (Å²) in [6.45, 7) is 3.85. The summed E-state index contributed by atoms with van der Waals surface area (Å²) >= 11 is 0. The lowest BCUT2D eigenvalue weighted by atomic mass is 10.0. The molecule has 0 spiro atoms. The fourth-order valence-corrected chi connectivity index (χ4v) is 1.40. The monoisotopic (exact) mass is 161 g/mol. The highest BCUT2D eigenvalue weighted by Crippen LogP contribution is 2.23. The van der Waals surface area contributed by atoms with Crippen molar-refractivity contribution in [3.05, 3.63) is 0 Å². The Morgan fingerprint density at radius 2 is 2.45 bits per heavy atom. The van der Waals surface area contributed by atoms with E-state index in [9.17, 15) is 4.39 Å². The molecule has 1 N–H and O–H groups in total. The van der Waals surface area contributed by atoms with Gasteiger partial charge in [-0.05, 0) is 19.8 Å². The predicted octanol–water partition coefficient (Wildman–Crippen LogP) is 1.11. The van der Waals surface area contributed by atoms with Crippen LogP contribution in [0.3, 0.4) is 0 Å².